The van der Waals surface area contributed by atoms with Gasteiger partial charge in [0.05, 0.1) is 24.8 Å². The van der Waals surface area contributed by atoms with Crippen LogP contribution in [0.5, 0.6) is 0 Å². The molecular weight excluding hydrogens is 232 g/mol. The normalized spacial score (nSPS) is 9.83. The Balaban J connectivity index is 2.49. The lowest BCUT2D eigenvalue weighted by molar-refractivity contribution is -0.123. The van der Waals surface area contributed by atoms with Gasteiger partial charge in [-0.3, -0.25) is 4.79 Å². The number of carbonyl (C=O) groups excluding carboxylic acids is 1. The number of benzene rings is 1. The Morgan fingerprint density at radius 3 is 2.56 bits per heavy atom. The van der Waals surface area contributed by atoms with Crippen molar-refractivity contribution in [2.24, 2.45) is 0 Å². The SMILES string of the molecule is COCCOCC(=O)N(C)c1ccc(C#N)cc1. The molecule has 96 valence electrons. The molecule has 5 nitrogen and oxygen atoms in total. The van der Waals surface area contributed by atoms with Crippen LogP contribution in [0.2, 0.25) is 0 Å². The Bertz CT molecular complexity index is 423. The highest BCUT2D eigenvalue weighted by Crippen LogP contribution is 2.13. The second kappa shape index (κ2) is 7.43. The van der Waals surface area contributed by atoms with Gasteiger partial charge in [-0.1, -0.05) is 0 Å². The average molecular weight is 248 g/mol. The van der Waals surface area contributed by atoms with Crippen LogP contribution in [-0.4, -0.2) is 39.9 Å². The number of carbonyl (C=O) groups is 1. The summed E-state index contributed by atoms with van der Waals surface area (Å²) in [4.78, 5) is 13.3. The molecule has 0 aliphatic carbocycles. The maximum absolute atomic E-state index is 11.8. The predicted molar refractivity (Wildman–Crippen MR) is 67.3 cm³/mol. The number of anilines is 1. The molecule has 0 aliphatic rings. The summed E-state index contributed by atoms with van der Waals surface area (Å²) in [6.07, 6.45) is 0. The van der Waals surface area contributed by atoms with Crippen molar-refractivity contribution in [3.05, 3.63) is 29.8 Å². The molecule has 0 saturated carbocycles. The summed E-state index contributed by atoms with van der Waals surface area (Å²) in [5, 5.41) is 8.68. The lowest BCUT2D eigenvalue weighted by Gasteiger charge is -2.17. The molecule has 5 heteroatoms. The van der Waals surface area contributed by atoms with Crippen molar-refractivity contribution in [2.45, 2.75) is 0 Å². The largest absolute Gasteiger partial charge is 0.382 e. The number of hydrogen-bond donors (Lipinski definition) is 0. The van der Waals surface area contributed by atoms with Gasteiger partial charge in [-0.05, 0) is 24.3 Å². The number of hydrogen-bond acceptors (Lipinski definition) is 4. The maximum atomic E-state index is 11.8. The second-order valence-corrected chi connectivity index (χ2v) is 3.66. The number of nitrogens with zero attached hydrogens (tertiary/aromatic N) is 2. The number of rotatable bonds is 6. The molecule has 1 amide bonds. The van der Waals surface area contributed by atoms with Crippen molar-refractivity contribution in [2.75, 3.05) is 38.9 Å². The van der Waals surface area contributed by atoms with Crippen LogP contribution in [-0.2, 0) is 14.3 Å². The fraction of sp³-hybridized carbons (Fsp3) is 0.385. The molecule has 0 aromatic heterocycles. The fourth-order valence-electron chi connectivity index (χ4n) is 1.30. The van der Waals surface area contributed by atoms with Gasteiger partial charge in [0.1, 0.15) is 6.61 Å². The van der Waals surface area contributed by atoms with Crippen molar-refractivity contribution in [3.63, 3.8) is 0 Å². The minimum absolute atomic E-state index is 0.0138. The molecule has 0 bridgehead atoms. The van der Waals surface area contributed by atoms with E-state index in [2.05, 4.69) is 0 Å². The fourth-order valence-corrected chi connectivity index (χ4v) is 1.30. The molecule has 0 aliphatic heterocycles. The van der Waals surface area contributed by atoms with E-state index < -0.39 is 0 Å². The van der Waals surface area contributed by atoms with E-state index in [4.69, 9.17) is 14.7 Å². The zero-order valence-electron chi connectivity index (χ0n) is 10.5. The Morgan fingerprint density at radius 1 is 1.33 bits per heavy atom. The van der Waals surface area contributed by atoms with Gasteiger partial charge in [0.25, 0.3) is 5.91 Å². The molecule has 0 heterocycles. The van der Waals surface area contributed by atoms with E-state index in [0.717, 1.165) is 5.69 Å². The van der Waals surface area contributed by atoms with Crippen molar-refractivity contribution in [1.82, 2.24) is 0 Å². The van der Waals surface area contributed by atoms with Crippen molar-refractivity contribution >= 4 is 11.6 Å². The summed E-state index contributed by atoms with van der Waals surface area (Å²) in [6.45, 7) is 0.872. The van der Waals surface area contributed by atoms with Gasteiger partial charge in [-0.15, -0.1) is 0 Å². The van der Waals surface area contributed by atoms with Crippen LogP contribution >= 0.6 is 0 Å². The van der Waals surface area contributed by atoms with Gasteiger partial charge in [0, 0.05) is 19.8 Å². The molecule has 1 rings (SSSR count). The van der Waals surface area contributed by atoms with Crippen LogP contribution in [0.1, 0.15) is 5.56 Å². The van der Waals surface area contributed by atoms with E-state index in [0.29, 0.717) is 18.8 Å². The number of likely N-dealkylation sites (N-methyl/N-ethyl adjacent to an activating group) is 1. The number of ether oxygens (including phenoxy) is 2. The zero-order valence-corrected chi connectivity index (χ0v) is 10.5. The Hall–Kier alpha value is -1.90. The van der Waals surface area contributed by atoms with E-state index in [9.17, 15) is 4.79 Å². The Kier molecular flexibility index (Phi) is 5.85. The number of methoxy groups -OCH3 is 1. The summed E-state index contributed by atoms with van der Waals surface area (Å²) in [5.41, 5.74) is 1.30. The van der Waals surface area contributed by atoms with Gasteiger partial charge in [-0.2, -0.15) is 5.26 Å². The van der Waals surface area contributed by atoms with E-state index in [-0.39, 0.29) is 12.5 Å². The van der Waals surface area contributed by atoms with Crippen LogP contribution in [0.25, 0.3) is 0 Å². The molecule has 0 fully saturated rings. The molecule has 0 atom stereocenters. The predicted octanol–water partition coefficient (Wildman–Crippen LogP) is 1.18. The third kappa shape index (κ3) is 4.17. The van der Waals surface area contributed by atoms with Gasteiger partial charge in [-0.25, -0.2) is 0 Å². The van der Waals surface area contributed by atoms with Crippen LogP contribution < -0.4 is 4.90 Å². The second-order valence-electron chi connectivity index (χ2n) is 3.66. The highest BCUT2D eigenvalue weighted by atomic mass is 16.5. The van der Waals surface area contributed by atoms with Crippen LogP contribution in [0.4, 0.5) is 5.69 Å². The van der Waals surface area contributed by atoms with Crippen molar-refractivity contribution < 1.29 is 14.3 Å². The molecule has 0 saturated heterocycles. The standard InChI is InChI=1S/C13H16N2O3/c1-15(13(16)10-18-8-7-17-2)12-5-3-11(9-14)4-6-12/h3-6H,7-8,10H2,1-2H3. The van der Waals surface area contributed by atoms with Gasteiger partial charge in [0.15, 0.2) is 0 Å². The molecule has 0 N–H and O–H groups in total. The topological polar surface area (TPSA) is 62.6 Å². The molecule has 0 spiro atoms. The summed E-state index contributed by atoms with van der Waals surface area (Å²) < 4.78 is 9.97. The van der Waals surface area contributed by atoms with E-state index in [1.54, 1.807) is 38.4 Å². The smallest absolute Gasteiger partial charge is 0.252 e. The first kappa shape index (κ1) is 14.2. The first-order valence-electron chi connectivity index (χ1n) is 5.52. The van der Waals surface area contributed by atoms with Crippen LogP contribution in [0, 0.1) is 11.3 Å². The lowest BCUT2D eigenvalue weighted by atomic mass is 10.2. The molecule has 0 radical (unpaired) electrons. The lowest BCUT2D eigenvalue weighted by Crippen LogP contribution is -2.30. The van der Waals surface area contributed by atoms with Crippen LogP contribution in [0.15, 0.2) is 24.3 Å². The summed E-state index contributed by atoms with van der Waals surface area (Å²) in [6, 6.07) is 8.83. The van der Waals surface area contributed by atoms with Gasteiger partial charge >= 0.3 is 0 Å². The van der Waals surface area contributed by atoms with Crippen molar-refractivity contribution in [3.8, 4) is 6.07 Å². The van der Waals surface area contributed by atoms with E-state index in [1.165, 1.54) is 4.90 Å². The minimum atomic E-state index is -0.143. The summed E-state index contributed by atoms with van der Waals surface area (Å²) >= 11 is 0. The number of nitriles is 1. The quantitative estimate of drug-likeness (QED) is 0.709. The zero-order chi connectivity index (χ0) is 13.4. The highest BCUT2D eigenvalue weighted by Gasteiger charge is 2.10. The molecule has 18 heavy (non-hydrogen) atoms. The molecular formula is C13H16N2O3. The van der Waals surface area contributed by atoms with Gasteiger partial charge < -0.3 is 14.4 Å². The monoisotopic (exact) mass is 248 g/mol. The molecule has 0 unspecified atom stereocenters. The molecule has 1 aromatic carbocycles. The maximum Gasteiger partial charge on any atom is 0.252 e. The van der Waals surface area contributed by atoms with E-state index in [1.807, 2.05) is 6.07 Å². The van der Waals surface area contributed by atoms with Crippen molar-refractivity contribution in [1.29, 1.82) is 5.26 Å². The summed E-state index contributed by atoms with van der Waals surface area (Å²) in [7, 11) is 3.25. The Labute approximate surface area is 107 Å². The Morgan fingerprint density at radius 2 is 2.00 bits per heavy atom. The first-order valence-corrected chi connectivity index (χ1v) is 5.52. The highest BCUT2D eigenvalue weighted by molar-refractivity contribution is 5.93. The summed E-state index contributed by atoms with van der Waals surface area (Å²) in [5.74, 6) is -0.143. The van der Waals surface area contributed by atoms with E-state index >= 15 is 0 Å². The minimum Gasteiger partial charge on any atom is -0.382 e. The third-order valence-corrected chi connectivity index (χ3v) is 2.42. The third-order valence-electron chi connectivity index (χ3n) is 2.42. The average Bonchev–Trinajstić information content (AvgIpc) is 2.42. The molecule has 1 aromatic rings. The number of amides is 1. The first-order chi connectivity index (χ1) is 8.69. The van der Waals surface area contributed by atoms with Gasteiger partial charge in [0.2, 0.25) is 0 Å². The van der Waals surface area contributed by atoms with Crippen LogP contribution in [0.3, 0.4) is 0 Å².